The van der Waals surface area contributed by atoms with Crippen molar-refractivity contribution < 1.29 is 14.3 Å². The molecule has 0 atom stereocenters. The van der Waals surface area contributed by atoms with E-state index in [-0.39, 0.29) is 17.9 Å². The van der Waals surface area contributed by atoms with Crippen LogP contribution in [0.5, 0.6) is 0 Å². The van der Waals surface area contributed by atoms with Crippen LogP contribution in [-0.2, 0) is 9.53 Å². The topological polar surface area (TPSA) is 58.6 Å². The van der Waals surface area contributed by atoms with Crippen LogP contribution in [0.2, 0.25) is 0 Å². The predicted octanol–water partition coefficient (Wildman–Crippen LogP) is 3.79. The fraction of sp³-hybridized carbons (Fsp3) is 0.652. The van der Waals surface area contributed by atoms with Crippen molar-refractivity contribution in [3.8, 4) is 0 Å². The van der Waals surface area contributed by atoms with Gasteiger partial charge in [0.05, 0.1) is 7.11 Å². The van der Waals surface area contributed by atoms with Crippen LogP contribution in [-0.4, -0.2) is 43.1 Å². The van der Waals surface area contributed by atoms with E-state index in [4.69, 9.17) is 0 Å². The number of carbonyl (C=O) groups is 2. The van der Waals surface area contributed by atoms with Gasteiger partial charge in [-0.05, 0) is 61.5 Å². The molecule has 0 aromatic heterocycles. The van der Waals surface area contributed by atoms with Crippen LogP contribution in [0.25, 0.3) is 0 Å². The number of methoxy groups -OCH3 is 1. The molecular formula is C23H30N2O3. The fourth-order valence-corrected chi connectivity index (χ4v) is 5.63. The molecule has 3 saturated carbocycles. The van der Waals surface area contributed by atoms with E-state index in [9.17, 15) is 9.59 Å². The van der Waals surface area contributed by atoms with Crippen molar-refractivity contribution >= 4 is 12.0 Å². The molecule has 5 rings (SSSR count). The first kappa shape index (κ1) is 18.0. The summed E-state index contributed by atoms with van der Waals surface area (Å²) in [6.45, 7) is 1.85. The van der Waals surface area contributed by atoms with E-state index in [1.165, 1.54) is 50.3 Å². The molecule has 3 aliphatic carbocycles. The van der Waals surface area contributed by atoms with E-state index in [2.05, 4.69) is 34.3 Å². The highest BCUT2D eigenvalue weighted by molar-refractivity contribution is 5.81. The average molecular weight is 383 g/mol. The van der Waals surface area contributed by atoms with Gasteiger partial charge in [0.15, 0.2) is 0 Å². The van der Waals surface area contributed by atoms with Gasteiger partial charge in [-0.2, -0.15) is 0 Å². The molecule has 0 bridgehead atoms. The summed E-state index contributed by atoms with van der Waals surface area (Å²) in [6, 6.07) is 9.37. The predicted molar refractivity (Wildman–Crippen MR) is 106 cm³/mol. The van der Waals surface area contributed by atoms with Gasteiger partial charge < -0.3 is 15.0 Å². The molecular weight excluding hydrogens is 352 g/mol. The third kappa shape index (κ3) is 3.09. The van der Waals surface area contributed by atoms with Crippen LogP contribution in [0.15, 0.2) is 24.3 Å². The molecule has 1 aromatic rings. The standard InChI is InChI=1S/C23H30N2O3/c1-28-22(27)24-20-9-18(10-20)21(26)25-13-23(14-25)11-19(12-23)17-7-3-6-16(8-17)15-4-2-5-15/h3,6-8,15,18-20H,2,4-5,9-14H2,1H3,(H,24,27). The van der Waals surface area contributed by atoms with Gasteiger partial charge in [-0.1, -0.05) is 30.7 Å². The number of hydrogen-bond acceptors (Lipinski definition) is 3. The quantitative estimate of drug-likeness (QED) is 0.862. The van der Waals surface area contributed by atoms with Crippen LogP contribution >= 0.6 is 0 Å². The second-order valence-corrected chi connectivity index (χ2v) is 9.60. The molecule has 5 nitrogen and oxygen atoms in total. The molecule has 4 aliphatic rings. The van der Waals surface area contributed by atoms with Crippen LogP contribution in [0.1, 0.15) is 67.9 Å². The minimum absolute atomic E-state index is 0.0783. The van der Waals surface area contributed by atoms with Crippen molar-refractivity contribution in [1.29, 1.82) is 0 Å². The number of carbonyl (C=O) groups excluding carboxylic acids is 2. The summed E-state index contributed by atoms with van der Waals surface area (Å²) in [5.74, 6) is 1.83. The van der Waals surface area contributed by atoms with Gasteiger partial charge in [0.25, 0.3) is 0 Å². The normalized spacial score (nSPS) is 28.5. The number of ether oxygens (including phenoxy) is 1. The van der Waals surface area contributed by atoms with Crippen molar-refractivity contribution in [2.45, 2.75) is 62.8 Å². The Labute approximate surface area is 166 Å². The SMILES string of the molecule is COC(=O)NC1CC(C(=O)N2CC3(CC(c4cccc(C5CCC5)c4)C3)C2)C1. The van der Waals surface area contributed by atoms with Crippen molar-refractivity contribution in [3.05, 3.63) is 35.4 Å². The van der Waals surface area contributed by atoms with Crippen molar-refractivity contribution in [1.82, 2.24) is 10.2 Å². The second kappa shape index (κ2) is 6.78. The van der Waals surface area contributed by atoms with Crippen LogP contribution < -0.4 is 5.32 Å². The molecule has 0 unspecified atom stereocenters. The Bertz CT molecular complexity index is 768. The van der Waals surface area contributed by atoms with E-state index in [1.54, 1.807) is 0 Å². The van der Waals surface area contributed by atoms with Crippen LogP contribution in [0.4, 0.5) is 4.79 Å². The number of nitrogens with one attached hydrogen (secondary N) is 1. The monoisotopic (exact) mass is 382 g/mol. The van der Waals surface area contributed by atoms with Gasteiger partial charge in [-0.3, -0.25) is 4.79 Å². The maximum atomic E-state index is 12.6. The Morgan fingerprint density at radius 2 is 1.79 bits per heavy atom. The number of likely N-dealkylation sites (tertiary alicyclic amines) is 1. The number of hydrogen-bond donors (Lipinski definition) is 1. The molecule has 1 N–H and O–H groups in total. The minimum Gasteiger partial charge on any atom is -0.453 e. The third-order valence-corrected chi connectivity index (χ3v) is 7.68. The number of amides is 2. The zero-order valence-corrected chi connectivity index (χ0v) is 16.7. The van der Waals surface area contributed by atoms with Gasteiger partial charge in [-0.15, -0.1) is 0 Å². The van der Waals surface area contributed by atoms with E-state index < -0.39 is 6.09 Å². The zero-order valence-electron chi connectivity index (χ0n) is 16.7. The molecule has 2 amide bonds. The summed E-state index contributed by atoms with van der Waals surface area (Å²) in [5, 5.41) is 2.78. The van der Waals surface area contributed by atoms with E-state index in [1.807, 2.05) is 4.90 Å². The number of rotatable bonds is 4. The summed E-state index contributed by atoms with van der Waals surface area (Å²) >= 11 is 0. The lowest BCUT2D eigenvalue weighted by atomic mass is 9.55. The highest BCUT2D eigenvalue weighted by Gasteiger charge is 2.55. The smallest absolute Gasteiger partial charge is 0.407 e. The summed E-state index contributed by atoms with van der Waals surface area (Å²) in [4.78, 5) is 25.9. The van der Waals surface area contributed by atoms with Crippen LogP contribution in [0, 0.1) is 11.3 Å². The molecule has 150 valence electrons. The Hall–Kier alpha value is -2.04. The fourth-order valence-electron chi connectivity index (χ4n) is 5.63. The highest BCUT2D eigenvalue weighted by atomic mass is 16.5. The summed E-state index contributed by atoms with van der Waals surface area (Å²) in [6.07, 6.45) is 7.62. The molecule has 5 heteroatoms. The van der Waals surface area contributed by atoms with Gasteiger partial charge in [0, 0.05) is 30.5 Å². The van der Waals surface area contributed by atoms with Crippen molar-refractivity contribution in [3.63, 3.8) is 0 Å². The van der Waals surface area contributed by atoms with Gasteiger partial charge in [0.2, 0.25) is 5.91 Å². The highest BCUT2D eigenvalue weighted by Crippen LogP contribution is 2.56. The Balaban J connectivity index is 1.08. The average Bonchev–Trinajstić information content (AvgIpc) is 2.53. The van der Waals surface area contributed by atoms with E-state index in [0.29, 0.717) is 11.3 Å². The minimum atomic E-state index is -0.402. The summed E-state index contributed by atoms with van der Waals surface area (Å²) in [5.41, 5.74) is 3.42. The first-order chi connectivity index (χ1) is 13.5. The number of nitrogens with zero attached hydrogens (tertiary/aromatic N) is 1. The lowest BCUT2D eigenvalue weighted by molar-refractivity contribution is -0.159. The Kier molecular flexibility index (Phi) is 4.37. The van der Waals surface area contributed by atoms with E-state index in [0.717, 1.165) is 31.8 Å². The first-order valence-corrected chi connectivity index (χ1v) is 10.8. The molecule has 1 aliphatic heterocycles. The Morgan fingerprint density at radius 3 is 2.39 bits per heavy atom. The zero-order chi connectivity index (χ0) is 19.3. The van der Waals surface area contributed by atoms with Gasteiger partial charge in [0.1, 0.15) is 0 Å². The van der Waals surface area contributed by atoms with Crippen molar-refractivity contribution in [2.24, 2.45) is 11.3 Å². The molecule has 0 radical (unpaired) electrons. The summed E-state index contributed by atoms with van der Waals surface area (Å²) in [7, 11) is 1.37. The van der Waals surface area contributed by atoms with E-state index >= 15 is 0 Å². The molecule has 4 fully saturated rings. The molecule has 28 heavy (non-hydrogen) atoms. The molecule has 1 aromatic carbocycles. The molecule has 1 heterocycles. The lowest BCUT2D eigenvalue weighted by Gasteiger charge is -2.60. The van der Waals surface area contributed by atoms with Gasteiger partial charge in [-0.25, -0.2) is 4.79 Å². The largest absolute Gasteiger partial charge is 0.453 e. The number of alkyl carbamates (subject to hydrolysis) is 1. The van der Waals surface area contributed by atoms with Gasteiger partial charge >= 0.3 is 6.09 Å². The maximum Gasteiger partial charge on any atom is 0.407 e. The lowest BCUT2D eigenvalue weighted by Crippen LogP contribution is -2.65. The van der Waals surface area contributed by atoms with Crippen LogP contribution in [0.3, 0.4) is 0 Å². The first-order valence-electron chi connectivity index (χ1n) is 10.8. The molecule has 1 spiro atoms. The molecule has 1 saturated heterocycles. The second-order valence-electron chi connectivity index (χ2n) is 9.60. The summed E-state index contributed by atoms with van der Waals surface area (Å²) < 4.78 is 4.61. The third-order valence-electron chi connectivity index (χ3n) is 7.68. The Morgan fingerprint density at radius 1 is 1.11 bits per heavy atom. The number of benzene rings is 1. The maximum absolute atomic E-state index is 12.6. The van der Waals surface area contributed by atoms with Crippen molar-refractivity contribution in [2.75, 3.05) is 20.2 Å².